The van der Waals surface area contributed by atoms with Gasteiger partial charge in [0.25, 0.3) is 0 Å². The molecule has 116 valence electrons. The SMILES string of the molecule is CC1CCN(Cc2ccc3c(c2)OCCCO3)CC1CN. The zero-order chi connectivity index (χ0) is 14.7. The number of likely N-dealkylation sites (tertiary alicyclic amines) is 1. The molecule has 21 heavy (non-hydrogen) atoms. The molecule has 1 fully saturated rings. The third-order valence-electron chi connectivity index (χ3n) is 4.72. The lowest BCUT2D eigenvalue weighted by atomic mass is 9.87. The number of ether oxygens (including phenoxy) is 2. The van der Waals surface area contributed by atoms with E-state index in [0.29, 0.717) is 5.92 Å². The molecule has 0 amide bonds. The van der Waals surface area contributed by atoms with Crippen molar-refractivity contribution in [3.05, 3.63) is 23.8 Å². The van der Waals surface area contributed by atoms with Gasteiger partial charge in [0, 0.05) is 19.5 Å². The quantitative estimate of drug-likeness (QED) is 0.927. The van der Waals surface area contributed by atoms with Crippen molar-refractivity contribution in [2.75, 3.05) is 32.8 Å². The van der Waals surface area contributed by atoms with Gasteiger partial charge in [-0.2, -0.15) is 0 Å². The molecule has 0 aliphatic carbocycles. The van der Waals surface area contributed by atoms with Crippen LogP contribution in [0.3, 0.4) is 0 Å². The fraction of sp³-hybridized carbons (Fsp3) is 0.647. The highest BCUT2D eigenvalue weighted by Crippen LogP contribution is 2.31. The standard InChI is InChI=1S/C17H26N2O2/c1-13-5-6-19(12-15(13)10-18)11-14-3-4-16-17(9-14)21-8-2-7-20-16/h3-4,9,13,15H,2,5-8,10-12,18H2,1H3. The minimum Gasteiger partial charge on any atom is -0.490 e. The summed E-state index contributed by atoms with van der Waals surface area (Å²) >= 11 is 0. The number of piperidine rings is 1. The Morgan fingerprint density at radius 2 is 2.05 bits per heavy atom. The van der Waals surface area contributed by atoms with E-state index in [1.165, 1.54) is 12.0 Å². The van der Waals surface area contributed by atoms with Crippen LogP contribution in [0.2, 0.25) is 0 Å². The van der Waals surface area contributed by atoms with E-state index in [0.717, 1.165) is 63.2 Å². The van der Waals surface area contributed by atoms with Crippen LogP contribution in [0.1, 0.15) is 25.3 Å². The molecule has 2 aliphatic heterocycles. The van der Waals surface area contributed by atoms with Crippen molar-refractivity contribution < 1.29 is 9.47 Å². The Balaban J connectivity index is 1.66. The second-order valence-corrected chi connectivity index (χ2v) is 6.33. The molecule has 1 aromatic rings. The van der Waals surface area contributed by atoms with E-state index in [-0.39, 0.29) is 0 Å². The van der Waals surface area contributed by atoms with Gasteiger partial charge < -0.3 is 15.2 Å². The van der Waals surface area contributed by atoms with Crippen LogP contribution in [0.4, 0.5) is 0 Å². The number of fused-ring (bicyclic) bond motifs is 1. The van der Waals surface area contributed by atoms with Crippen LogP contribution < -0.4 is 15.2 Å². The largest absolute Gasteiger partial charge is 0.490 e. The van der Waals surface area contributed by atoms with Crippen LogP contribution in [0.25, 0.3) is 0 Å². The number of hydrogen-bond donors (Lipinski definition) is 1. The summed E-state index contributed by atoms with van der Waals surface area (Å²) in [5, 5.41) is 0. The average Bonchev–Trinajstić information content (AvgIpc) is 2.74. The Kier molecular flexibility index (Phi) is 4.66. The van der Waals surface area contributed by atoms with Crippen LogP contribution in [-0.4, -0.2) is 37.7 Å². The fourth-order valence-electron chi connectivity index (χ4n) is 3.24. The normalized spacial score (nSPS) is 26.4. The molecule has 2 atom stereocenters. The van der Waals surface area contributed by atoms with Gasteiger partial charge in [0.05, 0.1) is 13.2 Å². The highest BCUT2D eigenvalue weighted by Gasteiger charge is 2.25. The lowest BCUT2D eigenvalue weighted by Crippen LogP contribution is -2.42. The lowest BCUT2D eigenvalue weighted by Gasteiger charge is -2.36. The second-order valence-electron chi connectivity index (χ2n) is 6.33. The van der Waals surface area contributed by atoms with E-state index in [2.05, 4.69) is 24.0 Å². The highest BCUT2D eigenvalue weighted by atomic mass is 16.5. The Morgan fingerprint density at radius 1 is 1.24 bits per heavy atom. The van der Waals surface area contributed by atoms with Crippen molar-refractivity contribution in [1.82, 2.24) is 4.90 Å². The van der Waals surface area contributed by atoms with E-state index in [1.54, 1.807) is 0 Å². The monoisotopic (exact) mass is 290 g/mol. The molecule has 3 rings (SSSR count). The fourth-order valence-corrected chi connectivity index (χ4v) is 3.24. The zero-order valence-electron chi connectivity index (χ0n) is 12.9. The average molecular weight is 290 g/mol. The first-order chi connectivity index (χ1) is 10.3. The van der Waals surface area contributed by atoms with Gasteiger partial charge in [0.2, 0.25) is 0 Å². The number of rotatable bonds is 3. The molecule has 1 saturated heterocycles. The molecule has 2 aliphatic rings. The third-order valence-corrected chi connectivity index (χ3v) is 4.72. The van der Waals surface area contributed by atoms with Crippen molar-refractivity contribution >= 4 is 0 Å². The molecule has 2 heterocycles. The highest BCUT2D eigenvalue weighted by molar-refractivity contribution is 5.43. The summed E-state index contributed by atoms with van der Waals surface area (Å²) in [6, 6.07) is 6.34. The van der Waals surface area contributed by atoms with Crippen molar-refractivity contribution in [3.8, 4) is 11.5 Å². The second kappa shape index (κ2) is 6.67. The van der Waals surface area contributed by atoms with Gasteiger partial charge in [-0.3, -0.25) is 4.90 Å². The van der Waals surface area contributed by atoms with Crippen molar-refractivity contribution in [1.29, 1.82) is 0 Å². The third kappa shape index (κ3) is 3.50. The minimum absolute atomic E-state index is 0.624. The molecular formula is C17H26N2O2. The zero-order valence-corrected chi connectivity index (χ0v) is 12.9. The van der Waals surface area contributed by atoms with Gasteiger partial charge in [0.1, 0.15) is 0 Å². The minimum atomic E-state index is 0.624. The molecule has 1 aromatic carbocycles. The number of nitrogens with zero attached hydrogens (tertiary/aromatic N) is 1. The Labute approximate surface area is 127 Å². The van der Waals surface area contributed by atoms with Crippen molar-refractivity contribution in [3.63, 3.8) is 0 Å². The Hall–Kier alpha value is -1.26. The topological polar surface area (TPSA) is 47.7 Å². The summed E-state index contributed by atoms with van der Waals surface area (Å²) in [5.74, 6) is 3.14. The van der Waals surface area contributed by atoms with Crippen LogP contribution >= 0.6 is 0 Å². The van der Waals surface area contributed by atoms with Crippen molar-refractivity contribution in [2.45, 2.75) is 26.3 Å². The van der Waals surface area contributed by atoms with Gasteiger partial charge in [0.15, 0.2) is 11.5 Å². The molecule has 2 N–H and O–H groups in total. The van der Waals surface area contributed by atoms with Gasteiger partial charge in [-0.1, -0.05) is 13.0 Å². The van der Waals surface area contributed by atoms with Gasteiger partial charge >= 0.3 is 0 Å². The summed E-state index contributed by atoms with van der Waals surface area (Å²) in [6.07, 6.45) is 2.19. The number of hydrogen-bond acceptors (Lipinski definition) is 4. The lowest BCUT2D eigenvalue weighted by molar-refractivity contribution is 0.126. The molecule has 4 heteroatoms. The summed E-state index contributed by atoms with van der Waals surface area (Å²) < 4.78 is 11.5. The molecule has 0 radical (unpaired) electrons. The van der Waals surface area contributed by atoms with Crippen LogP contribution in [0, 0.1) is 11.8 Å². The van der Waals surface area contributed by atoms with E-state index in [1.807, 2.05) is 6.07 Å². The van der Waals surface area contributed by atoms with Crippen molar-refractivity contribution in [2.24, 2.45) is 17.6 Å². The van der Waals surface area contributed by atoms with E-state index in [4.69, 9.17) is 15.2 Å². The van der Waals surface area contributed by atoms with Crippen LogP contribution in [0.5, 0.6) is 11.5 Å². The molecule has 0 bridgehead atoms. The van der Waals surface area contributed by atoms with E-state index >= 15 is 0 Å². The molecule has 0 saturated carbocycles. The van der Waals surface area contributed by atoms with Crippen LogP contribution in [-0.2, 0) is 6.54 Å². The Bertz CT molecular complexity index is 478. The first kappa shape index (κ1) is 14.7. The summed E-state index contributed by atoms with van der Waals surface area (Å²) in [5.41, 5.74) is 7.19. The van der Waals surface area contributed by atoms with Crippen LogP contribution in [0.15, 0.2) is 18.2 Å². The first-order valence-electron chi connectivity index (χ1n) is 8.07. The summed E-state index contributed by atoms with van der Waals surface area (Å²) in [4.78, 5) is 2.51. The molecular weight excluding hydrogens is 264 g/mol. The summed E-state index contributed by atoms with van der Waals surface area (Å²) in [6.45, 7) is 7.83. The number of nitrogens with two attached hydrogens (primary N) is 1. The van der Waals surface area contributed by atoms with Gasteiger partial charge in [-0.05, 0) is 49.0 Å². The van der Waals surface area contributed by atoms with E-state index < -0.39 is 0 Å². The predicted octanol–water partition coefficient (Wildman–Crippen LogP) is 2.26. The van der Waals surface area contributed by atoms with Gasteiger partial charge in [-0.25, -0.2) is 0 Å². The maximum Gasteiger partial charge on any atom is 0.161 e. The molecule has 0 spiro atoms. The predicted molar refractivity (Wildman–Crippen MR) is 83.7 cm³/mol. The Morgan fingerprint density at radius 3 is 2.86 bits per heavy atom. The smallest absolute Gasteiger partial charge is 0.161 e. The molecule has 2 unspecified atom stereocenters. The maximum atomic E-state index is 5.89. The summed E-state index contributed by atoms with van der Waals surface area (Å²) in [7, 11) is 0. The molecule has 4 nitrogen and oxygen atoms in total. The number of benzene rings is 1. The first-order valence-corrected chi connectivity index (χ1v) is 8.07. The van der Waals surface area contributed by atoms with E-state index in [9.17, 15) is 0 Å². The maximum absolute atomic E-state index is 5.89. The van der Waals surface area contributed by atoms with Gasteiger partial charge in [-0.15, -0.1) is 0 Å². The molecule has 0 aromatic heterocycles.